The first-order valence-corrected chi connectivity index (χ1v) is 8.88. The first-order chi connectivity index (χ1) is 12.6. The van der Waals surface area contributed by atoms with E-state index in [0.717, 1.165) is 23.3 Å². The molecule has 1 saturated heterocycles. The summed E-state index contributed by atoms with van der Waals surface area (Å²) in [5.74, 6) is 0.822. The summed E-state index contributed by atoms with van der Waals surface area (Å²) in [5, 5.41) is 3.08. The van der Waals surface area contributed by atoms with Gasteiger partial charge in [0.15, 0.2) is 0 Å². The largest absolute Gasteiger partial charge is 0.497 e. The number of amides is 2. The molecule has 1 N–H and O–H groups in total. The van der Waals surface area contributed by atoms with Crippen LogP contribution in [0.25, 0.3) is 0 Å². The Hall–Kier alpha value is -2.63. The van der Waals surface area contributed by atoms with Crippen LogP contribution in [0.4, 0.5) is 10.5 Å². The highest BCUT2D eigenvalue weighted by Crippen LogP contribution is 2.24. The van der Waals surface area contributed by atoms with Gasteiger partial charge in [-0.15, -0.1) is 0 Å². The number of carbonyl (C=O) groups excluding carboxylic acids is 1. The summed E-state index contributed by atoms with van der Waals surface area (Å²) < 4.78 is 5.18. The van der Waals surface area contributed by atoms with Crippen molar-refractivity contribution in [2.75, 3.05) is 32.0 Å². The maximum Gasteiger partial charge on any atom is 0.318 e. The second-order valence-corrected chi connectivity index (χ2v) is 6.61. The molecule has 0 spiro atoms. The van der Waals surface area contributed by atoms with E-state index >= 15 is 0 Å². The number of hydrogen-bond acceptors (Lipinski definition) is 3. The molecule has 3 rings (SSSR count). The summed E-state index contributed by atoms with van der Waals surface area (Å²) in [6.45, 7) is 3.32. The maximum absolute atomic E-state index is 12.3. The lowest BCUT2D eigenvalue weighted by atomic mass is 9.82. The van der Waals surface area contributed by atoms with Crippen LogP contribution < -0.4 is 15.0 Å². The lowest BCUT2D eigenvalue weighted by Gasteiger charge is -2.19. The van der Waals surface area contributed by atoms with Crippen LogP contribution in [0.3, 0.4) is 0 Å². The molecule has 1 fully saturated rings. The number of methoxy groups -OCH3 is 1. The monoisotopic (exact) mass is 350 g/mol. The van der Waals surface area contributed by atoms with Crippen LogP contribution in [0.1, 0.15) is 17.2 Å². The van der Waals surface area contributed by atoms with Gasteiger partial charge in [-0.25, -0.2) is 4.79 Å². The molecule has 0 saturated carbocycles. The third-order valence-corrected chi connectivity index (χ3v) is 4.71. The van der Waals surface area contributed by atoms with Crippen LogP contribution in [-0.4, -0.2) is 45.4 Å². The Balaban J connectivity index is 1.63. The summed E-state index contributed by atoms with van der Waals surface area (Å²) in [4.78, 5) is 16.4. The van der Waals surface area contributed by atoms with E-state index in [-0.39, 0.29) is 12.1 Å². The van der Waals surface area contributed by atoms with Crippen molar-refractivity contribution in [2.24, 2.45) is 0 Å². The van der Waals surface area contributed by atoms with Crippen molar-refractivity contribution in [3.63, 3.8) is 0 Å². The molecule has 6 heteroatoms. The number of nitrogens with one attached hydrogen (secondary N) is 1. The molecule has 2 amide bonds. The summed E-state index contributed by atoms with van der Waals surface area (Å²) in [6, 6.07) is 16.3. The van der Waals surface area contributed by atoms with Gasteiger partial charge in [-0.3, -0.25) is 0 Å². The van der Waals surface area contributed by atoms with Crippen LogP contribution in [0.15, 0.2) is 48.5 Å². The number of carbonyl (C=O) groups is 1. The topological polar surface area (TPSA) is 44.8 Å². The standard InChI is InChI=1S/C20H25BN3O2/c1-21-14-23(2)17-8-6-16(7-9-17)19-13-24(20(25)22-19)12-15-4-10-18(26-3)11-5-15/h4-11,19H,12-14H2,1-3H3,(H,22,25). The minimum atomic E-state index is -0.0207. The molecule has 1 aliphatic rings. The molecule has 1 aliphatic heterocycles. The fourth-order valence-electron chi connectivity index (χ4n) is 3.21. The van der Waals surface area contributed by atoms with E-state index in [1.54, 1.807) is 7.11 Å². The molecule has 1 unspecified atom stereocenters. The molecule has 26 heavy (non-hydrogen) atoms. The van der Waals surface area contributed by atoms with Gasteiger partial charge in [-0.05, 0) is 41.8 Å². The molecular weight excluding hydrogens is 325 g/mol. The van der Waals surface area contributed by atoms with Crippen molar-refractivity contribution in [1.29, 1.82) is 0 Å². The molecule has 2 aromatic carbocycles. The third kappa shape index (κ3) is 4.13. The predicted octanol–water partition coefficient (Wildman–Crippen LogP) is 3.11. The van der Waals surface area contributed by atoms with Gasteiger partial charge in [0, 0.05) is 25.8 Å². The Morgan fingerprint density at radius 1 is 1.19 bits per heavy atom. The lowest BCUT2D eigenvalue weighted by molar-refractivity contribution is 0.215. The number of nitrogens with zero attached hydrogens (tertiary/aromatic N) is 2. The zero-order valence-corrected chi connectivity index (χ0v) is 15.6. The van der Waals surface area contributed by atoms with Crippen LogP contribution in [-0.2, 0) is 6.54 Å². The van der Waals surface area contributed by atoms with E-state index in [9.17, 15) is 4.79 Å². The SMILES string of the molecule is C[B]CN(C)c1ccc(C2CN(Cc3ccc(OC)cc3)C(=O)N2)cc1. The van der Waals surface area contributed by atoms with Gasteiger partial charge in [0.1, 0.15) is 13.0 Å². The molecular formula is C20H25BN3O2. The fraction of sp³-hybridized carbons (Fsp3) is 0.350. The first kappa shape index (κ1) is 18.2. The van der Waals surface area contributed by atoms with Gasteiger partial charge in [0.05, 0.1) is 13.2 Å². The smallest absolute Gasteiger partial charge is 0.318 e. The highest BCUT2D eigenvalue weighted by Gasteiger charge is 2.29. The summed E-state index contributed by atoms with van der Waals surface area (Å²) in [6.07, 6.45) is 0.912. The second-order valence-electron chi connectivity index (χ2n) is 6.61. The number of urea groups is 1. The minimum Gasteiger partial charge on any atom is -0.497 e. The van der Waals surface area contributed by atoms with Crippen LogP contribution >= 0.6 is 0 Å². The number of ether oxygens (including phenoxy) is 1. The molecule has 1 heterocycles. The van der Waals surface area contributed by atoms with E-state index < -0.39 is 0 Å². The molecule has 135 valence electrons. The Bertz CT molecular complexity index is 734. The van der Waals surface area contributed by atoms with Crippen molar-refractivity contribution < 1.29 is 9.53 Å². The fourth-order valence-corrected chi connectivity index (χ4v) is 3.21. The average molecular weight is 350 g/mol. The average Bonchev–Trinajstić information content (AvgIpc) is 3.03. The molecule has 5 nitrogen and oxygen atoms in total. The zero-order chi connectivity index (χ0) is 18.5. The Kier molecular flexibility index (Phi) is 5.71. The molecule has 1 radical (unpaired) electrons. The lowest BCUT2D eigenvalue weighted by Crippen LogP contribution is -2.27. The van der Waals surface area contributed by atoms with E-state index in [1.807, 2.05) is 29.2 Å². The normalized spacial score (nSPS) is 16.3. The maximum atomic E-state index is 12.3. The highest BCUT2D eigenvalue weighted by atomic mass is 16.5. The Morgan fingerprint density at radius 3 is 2.50 bits per heavy atom. The molecule has 0 bridgehead atoms. The molecule has 1 atom stereocenters. The molecule has 0 aliphatic carbocycles. The van der Waals surface area contributed by atoms with E-state index in [1.165, 1.54) is 5.69 Å². The van der Waals surface area contributed by atoms with E-state index in [0.29, 0.717) is 13.1 Å². The van der Waals surface area contributed by atoms with Gasteiger partial charge >= 0.3 is 6.03 Å². The van der Waals surface area contributed by atoms with E-state index in [2.05, 4.69) is 55.6 Å². The highest BCUT2D eigenvalue weighted by molar-refractivity contribution is 6.34. The number of benzene rings is 2. The zero-order valence-electron chi connectivity index (χ0n) is 15.6. The second kappa shape index (κ2) is 8.17. The van der Waals surface area contributed by atoms with Crippen molar-refractivity contribution in [2.45, 2.75) is 19.4 Å². The van der Waals surface area contributed by atoms with Gasteiger partial charge in [0.25, 0.3) is 0 Å². The van der Waals surface area contributed by atoms with Crippen LogP contribution in [0.2, 0.25) is 6.82 Å². The Morgan fingerprint density at radius 2 is 1.88 bits per heavy atom. The molecule has 0 aromatic heterocycles. The number of rotatable bonds is 7. The van der Waals surface area contributed by atoms with Crippen molar-refractivity contribution in [3.8, 4) is 5.75 Å². The van der Waals surface area contributed by atoms with Crippen molar-refractivity contribution >= 4 is 19.0 Å². The third-order valence-electron chi connectivity index (χ3n) is 4.71. The summed E-state index contributed by atoms with van der Waals surface area (Å²) in [7, 11) is 5.85. The van der Waals surface area contributed by atoms with Crippen LogP contribution in [0, 0.1) is 0 Å². The summed E-state index contributed by atoms with van der Waals surface area (Å²) >= 11 is 0. The first-order valence-electron chi connectivity index (χ1n) is 8.88. The van der Waals surface area contributed by atoms with Gasteiger partial charge in [-0.2, -0.15) is 0 Å². The Labute approximate surface area is 156 Å². The quantitative estimate of drug-likeness (QED) is 0.781. The van der Waals surface area contributed by atoms with Gasteiger partial charge in [-0.1, -0.05) is 31.1 Å². The summed E-state index contributed by atoms with van der Waals surface area (Å²) in [5.41, 5.74) is 3.40. The van der Waals surface area contributed by atoms with Crippen molar-refractivity contribution in [3.05, 3.63) is 59.7 Å². The van der Waals surface area contributed by atoms with Crippen LogP contribution in [0.5, 0.6) is 5.75 Å². The minimum absolute atomic E-state index is 0.0207. The predicted molar refractivity (Wildman–Crippen MR) is 106 cm³/mol. The number of hydrogen-bond donors (Lipinski definition) is 1. The van der Waals surface area contributed by atoms with Crippen molar-refractivity contribution in [1.82, 2.24) is 10.2 Å². The van der Waals surface area contributed by atoms with E-state index in [4.69, 9.17) is 4.74 Å². The molecule has 2 aromatic rings. The van der Waals surface area contributed by atoms with Gasteiger partial charge < -0.3 is 19.9 Å². The van der Waals surface area contributed by atoms with Gasteiger partial charge in [0.2, 0.25) is 0 Å². The number of anilines is 1.